The Bertz CT molecular complexity index is 536. The third kappa shape index (κ3) is 3.81. The number of nitrogens with one attached hydrogen (secondary N) is 1. The van der Waals surface area contributed by atoms with E-state index in [1.165, 1.54) is 50.5 Å². The number of carbonyl (C=O) groups is 1. The third-order valence-electron chi connectivity index (χ3n) is 6.31. The van der Waals surface area contributed by atoms with E-state index >= 15 is 0 Å². The molecule has 0 aromatic carbocycles. The lowest BCUT2D eigenvalue weighted by molar-refractivity contribution is -0.134. The van der Waals surface area contributed by atoms with Gasteiger partial charge in [0.15, 0.2) is 0 Å². The Balaban J connectivity index is 0.00000169. The van der Waals surface area contributed by atoms with Gasteiger partial charge in [0.2, 0.25) is 5.91 Å². The van der Waals surface area contributed by atoms with E-state index in [0.717, 1.165) is 26.1 Å². The van der Waals surface area contributed by atoms with Crippen molar-refractivity contribution < 1.29 is 4.79 Å². The van der Waals surface area contributed by atoms with Crippen molar-refractivity contribution in [2.75, 3.05) is 13.1 Å². The van der Waals surface area contributed by atoms with Crippen LogP contribution in [0.2, 0.25) is 0 Å². The minimum Gasteiger partial charge on any atom is -0.335 e. The van der Waals surface area contributed by atoms with Crippen molar-refractivity contribution in [3.05, 3.63) is 22.4 Å². The summed E-state index contributed by atoms with van der Waals surface area (Å²) in [5.74, 6) is 1.07. The number of thiophene rings is 1. The van der Waals surface area contributed by atoms with Gasteiger partial charge < -0.3 is 10.2 Å². The summed E-state index contributed by atoms with van der Waals surface area (Å²) >= 11 is 1.74. The van der Waals surface area contributed by atoms with E-state index in [9.17, 15) is 4.79 Å². The monoisotopic (exact) mass is 368 g/mol. The summed E-state index contributed by atoms with van der Waals surface area (Å²) in [5, 5.41) is 7.80. The molecule has 1 aliphatic heterocycles. The predicted octanol–water partition coefficient (Wildman–Crippen LogP) is 4.22. The molecule has 0 bridgehead atoms. The Morgan fingerprint density at radius 1 is 1.29 bits per heavy atom. The molecule has 0 radical (unpaired) electrons. The van der Waals surface area contributed by atoms with Crippen LogP contribution in [0.5, 0.6) is 0 Å². The third-order valence-corrected chi connectivity index (χ3v) is 7.05. The molecule has 3 fully saturated rings. The summed E-state index contributed by atoms with van der Waals surface area (Å²) in [6, 6.07) is 2.68. The van der Waals surface area contributed by atoms with Gasteiger partial charge in [-0.2, -0.15) is 11.3 Å². The average Bonchev–Trinajstić information content (AvgIpc) is 2.99. The molecular weight excluding hydrogens is 340 g/mol. The van der Waals surface area contributed by atoms with E-state index in [2.05, 4.69) is 27.0 Å². The van der Waals surface area contributed by atoms with E-state index in [1.807, 2.05) is 0 Å². The smallest absolute Gasteiger partial charge is 0.223 e. The van der Waals surface area contributed by atoms with E-state index in [1.54, 1.807) is 11.3 Å². The van der Waals surface area contributed by atoms with Gasteiger partial charge in [0.1, 0.15) is 0 Å². The molecule has 1 saturated heterocycles. The first-order valence-corrected chi connectivity index (χ1v) is 10.2. The Labute approximate surface area is 155 Å². The number of carbonyl (C=O) groups excluding carboxylic acids is 1. The molecule has 5 heteroatoms. The van der Waals surface area contributed by atoms with Crippen molar-refractivity contribution in [1.82, 2.24) is 10.2 Å². The van der Waals surface area contributed by atoms with E-state index in [4.69, 9.17) is 0 Å². The van der Waals surface area contributed by atoms with Gasteiger partial charge in [-0.1, -0.05) is 12.8 Å². The zero-order valence-electron chi connectivity index (χ0n) is 14.3. The molecule has 2 saturated carbocycles. The van der Waals surface area contributed by atoms with Crippen LogP contribution in [0.1, 0.15) is 56.9 Å². The summed E-state index contributed by atoms with van der Waals surface area (Å²) in [6.45, 7) is 3.08. The van der Waals surface area contributed by atoms with Crippen LogP contribution in [-0.2, 0) is 11.3 Å². The minimum atomic E-state index is 0. The number of nitrogens with zero attached hydrogens (tertiary/aromatic N) is 1. The Morgan fingerprint density at radius 3 is 2.71 bits per heavy atom. The van der Waals surface area contributed by atoms with Gasteiger partial charge in [-0.05, 0) is 78.9 Å². The molecule has 134 valence electrons. The number of piperidine rings is 1. The van der Waals surface area contributed by atoms with Gasteiger partial charge >= 0.3 is 0 Å². The minimum absolute atomic E-state index is 0. The van der Waals surface area contributed by atoms with Crippen LogP contribution < -0.4 is 5.32 Å². The van der Waals surface area contributed by atoms with Gasteiger partial charge in [0.05, 0.1) is 0 Å². The second kappa shape index (κ2) is 7.76. The summed E-state index contributed by atoms with van der Waals surface area (Å²) in [5.41, 5.74) is 1.75. The lowest BCUT2D eigenvalue weighted by Crippen LogP contribution is -2.39. The van der Waals surface area contributed by atoms with Gasteiger partial charge in [0, 0.05) is 19.0 Å². The Hall–Kier alpha value is -0.580. The molecule has 3 nitrogen and oxygen atoms in total. The highest BCUT2D eigenvalue weighted by atomic mass is 35.5. The molecule has 2 aliphatic carbocycles. The maximum Gasteiger partial charge on any atom is 0.223 e. The Morgan fingerprint density at radius 2 is 2.04 bits per heavy atom. The van der Waals surface area contributed by atoms with E-state index in [0.29, 0.717) is 23.3 Å². The average molecular weight is 369 g/mol. The molecule has 24 heavy (non-hydrogen) atoms. The molecule has 3 aliphatic rings. The first-order valence-electron chi connectivity index (χ1n) is 9.28. The zero-order valence-corrected chi connectivity index (χ0v) is 16.0. The molecule has 1 N–H and O–H groups in total. The standard InChI is InChI=1S/C19H28N2OS.ClH/c22-18(11-15-3-1-2-4-15)21(13-16-5-10-23-14-16)17-12-19(17)6-8-20-9-7-19;/h5,10,14-15,17,20H,1-4,6-9,11-13H2;1H. The second-order valence-electron chi connectivity index (χ2n) is 7.84. The molecule has 1 aromatic heterocycles. The summed E-state index contributed by atoms with van der Waals surface area (Å²) < 4.78 is 0. The number of rotatable bonds is 5. The van der Waals surface area contributed by atoms with Crippen LogP contribution in [0.3, 0.4) is 0 Å². The van der Waals surface area contributed by atoms with Crippen molar-refractivity contribution in [3.63, 3.8) is 0 Å². The topological polar surface area (TPSA) is 32.3 Å². The van der Waals surface area contributed by atoms with Crippen LogP contribution in [-0.4, -0.2) is 29.9 Å². The van der Waals surface area contributed by atoms with Crippen molar-refractivity contribution in [3.8, 4) is 0 Å². The van der Waals surface area contributed by atoms with E-state index < -0.39 is 0 Å². The molecular formula is C19H29ClN2OS. The normalized spacial score (nSPS) is 25.4. The van der Waals surface area contributed by atoms with Gasteiger partial charge in [0.25, 0.3) is 0 Å². The molecule has 1 atom stereocenters. The zero-order chi connectivity index (χ0) is 15.7. The summed E-state index contributed by atoms with van der Waals surface area (Å²) in [6.07, 6.45) is 9.67. The first kappa shape index (κ1) is 18.2. The van der Waals surface area contributed by atoms with Crippen molar-refractivity contribution in [2.45, 2.75) is 64.0 Å². The molecule has 1 spiro atoms. The van der Waals surface area contributed by atoms with Crippen LogP contribution in [0.25, 0.3) is 0 Å². The highest BCUT2D eigenvalue weighted by Gasteiger charge is 2.57. The quantitative estimate of drug-likeness (QED) is 0.843. The molecule has 1 unspecified atom stereocenters. The fourth-order valence-electron chi connectivity index (χ4n) is 4.76. The highest BCUT2D eigenvalue weighted by Crippen LogP contribution is 2.56. The maximum atomic E-state index is 13.0. The van der Waals surface area contributed by atoms with Crippen molar-refractivity contribution in [1.29, 1.82) is 0 Å². The first-order chi connectivity index (χ1) is 11.3. The highest BCUT2D eigenvalue weighted by molar-refractivity contribution is 7.07. The van der Waals surface area contributed by atoms with Crippen LogP contribution in [0, 0.1) is 11.3 Å². The van der Waals surface area contributed by atoms with Crippen molar-refractivity contribution >= 4 is 29.7 Å². The largest absolute Gasteiger partial charge is 0.335 e. The van der Waals surface area contributed by atoms with Gasteiger partial charge in [-0.15, -0.1) is 12.4 Å². The molecule has 1 amide bonds. The lowest BCUT2D eigenvalue weighted by Gasteiger charge is -2.30. The number of hydrogen-bond acceptors (Lipinski definition) is 3. The molecule has 2 heterocycles. The number of halogens is 1. The SMILES string of the molecule is Cl.O=C(CC1CCCC1)N(Cc1ccsc1)C1CC12CCNCC2. The molecule has 4 rings (SSSR count). The molecule has 1 aromatic rings. The second-order valence-corrected chi connectivity index (χ2v) is 8.62. The van der Waals surface area contributed by atoms with Crippen LogP contribution >= 0.6 is 23.7 Å². The van der Waals surface area contributed by atoms with Gasteiger partial charge in [-0.25, -0.2) is 0 Å². The van der Waals surface area contributed by atoms with Crippen LogP contribution in [0.15, 0.2) is 16.8 Å². The van der Waals surface area contributed by atoms with Crippen molar-refractivity contribution in [2.24, 2.45) is 11.3 Å². The summed E-state index contributed by atoms with van der Waals surface area (Å²) in [4.78, 5) is 15.3. The fourth-order valence-corrected chi connectivity index (χ4v) is 5.42. The Kier molecular flexibility index (Phi) is 5.89. The number of amides is 1. The number of hydrogen-bond donors (Lipinski definition) is 1. The fraction of sp³-hybridized carbons (Fsp3) is 0.737. The van der Waals surface area contributed by atoms with Crippen LogP contribution in [0.4, 0.5) is 0 Å². The maximum absolute atomic E-state index is 13.0. The predicted molar refractivity (Wildman–Crippen MR) is 102 cm³/mol. The lowest BCUT2D eigenvalue weighted by atomic mass is 9.93. The summed E-state index contributed by atoms with van der Waals surface area (Å²) in [7, 11) is 0. The van der Waals surface area contributed by atoms with E-state index in [-0.39, 0.29) is 12.4 Å². The van der Waals surface area contributed by atoms with Gasteiger partial charge in [-0.3, -0.25) is 4.79 Å².